The summed E-state index contributed by atoms with van der Waals surface area (Å²) in [4.78, 5) is 0. The Morgan fingerprint density at radius 3 is 2.89 bits per heavy atom. The van der Waals surface area contributed by atoms with Crippen LogP contribution >= 0.6 is 11.8 Å². The monoisotopic (exact) mass is 280 g/mol. The Morgan fingerprint density at radius 2 is 2.21 bits per heavy atom. The summed E-state index contributed by atoms with van der Waals surface area (Å²) < 4.78 is 4.00. The van der Waals surface area contributed by atoms with Crippen molar-refractivity contribution in [3.63, 3.8) is 0 Å². The molecular weight excluding hydrogens is 260 g/mol. The van der Waals surface area contributed by atoms with Crippen molar-refractivity contribution in [1.82, 2.24) is 24.5 Å². The summed E-state index contributed by atoms with van der Waals surface area (Å²) in [5.41, 5.74) is 6.73. The topological polar surface area (TPSA) is 74.6 Å². The zero-order chi connectivity index (χ0) is 13.7. The van der Waals surface area contributed by atoms with Gasteiger partial charge in [0.05, 0.1) is 6.20 Å². The molecule has 2 aromatic heterocycles. The van der Waals surface area contributed by atoms with Crippen LogP contribution in [-0.2, 0) is 20.0 Å². The first-order valence-corrected chi connectivity index (χ1v) is 7.39. The Labute approximate surface area is 117 Å². The number of hydrogen-bond donors (Lipinski definition) is 1. The summed E-state index contributed by atoms with van der Waals surface area (Å²) in [5, 5.41) is 13.5. The van der Waals surface area contributed by atoms with E-state index >= 15 is 0 Å². The van der Waals surface area contributed by atoms with E-state index in [1.165, 1.54) is 5.56 Å². The van der Waals surface area contributed by atoms with E-state index in [4.69, 9.17) is 5.73 Å². The summed E-state index contributed by atoms with van der Waals surface area (Å²) in [7, 11) is 1.99. The van der Waals surface area contributed by atoms with Crippen LogP contribution in [0.4, 0.5) is 0 Å². The van der Waals surface area contributed by atoms with Crippen LogP contribution in [0.3, 0.4) is 0 Å². The molecule has 0 radical (unpaired) electrons. The van der Waals surface area contributed by atoms with E-state index in [-0.39, 0.29) is 0 Å². The van der Waals surface area contributed by atoms with Gasteiger partial charge in [-0.2, -0.15) is 5.10 Å². The Kier molecular flexibility index (Phi) is 4.98. The predicted molar refractivity (Wildman–Crippen MR) is 76.1 cm³/mol. The van der Waals surface area contributed by atoms with E-state index in [0.717, 1.165) is 36.1 Å². The first kappa shape index (κ1) is 14.1. The highest BCUT2D eigenvalue weighted by atomic mass is 32.2. The Morgan fingerprint density at radius 1 is 1.37 bits per heavy atom. The molecule has 2 rings (SSSR count). The van der Waals surface area contributed by atoms with Gasteiger partial charge in [-0.1, -0.05) is 11.8 Å². The molecule has 0 atom stereocenters. The molecule has 0 bridgehead atoms. The molecule has 0 fully saturated rings. The molecule has 7 heteroatoms. The summed E-state index contributed by atoms with van der Waals surface area (Å²) >= 11 is 1.73. The third kappa shape index (κ3) is 3.81. The van der Waals surface area contributed by atoms with E-state index < -0.39 is 0 Å². The first-order chi connectivity index (χ1) is 9.20. The predicted octanol–water partition coefficient (Wildman–Crippen LogP) is 1.00. The minimum Gasteiger partial charge on any atom is -0.330 e. The lowest BCUT2D eigenvalue weighted by atomic mass is 10.4. The van der Waals surface area contributed by atoms with E-state index in [9.17, 15) is 0 Å². The van der Waals surface area contributed by atoms with Crippen LogP contribution < -0.4 is 5.73 Å². The fraction of sp³-hybridized carbons (Fsp3) is 0.583. The van der Waals surface area contributed by atoms with Crippen LogP contribution in [-0.4, -0.2) is 36.8 Å². The molecule has 0 saturated heterocycles. The summed E-state index contributed by atoms with van der Waals surface area (Å²) in [6.45, 7) is 3.60. The van der Waals surface area contributed by atoms with Gasteiger partial charge in [-0.25, -0.2) is 0 Å². The van der Waals surface area contributed by atoms with Crippen LogP contribution in [0.25, 0.3) is 0 Å². The molecular formula is C12H20N6S. The lowest BCUT2D eigenvalue weighted by molar-refractivity contribution is 0.605. The Balaban J connectivity index is 1.76. The molecule has 0 aliphatic carbocycles. The van der Waals surface area contributed by atoms with Gasteiger partial charge in [0, 0.05) is 32.0 Å². The minimum atomic E-state index is 0.606. The number of nitrogens with two attached hydrogens (primary N) is 1. The highest BCUT2D eigenvalue weighted by Crippen LogP contribution is 2.16. The van der Waals surface area contributed by atoms with Crippen LogP contribution in [0.5, 0.6) is 0 Å². The van der Waals surface area contributed by atoms with Crippen molar-refractivity contribution in [3.05, 3.63) is 23.8 Å². The van der Waals surface area contributed by atoms with Crippen LogP contribution in [0.2, 0.25) is 0 Å². The average molecular weight is 280 g/mol. The van der Waals surface area contributed by atoms with Crippen LogP contribution in [0.1, 0.15) is 17.8 Å². The number of nitrogens with zero attached hydrogens (tertiary/aromatic N) is 5. The van der Waals surface area contributed by atoms with Crippen molar-refractivity contribution in [3.8, 4) is 0 Å². The summed E-state index contributed by atoms with van der Waals surface area (Å²) in [6.07, 6.45) is 5.78. The van der Waals surface area contributed by atoms with Gasteiger partial charge < -0.3 is 10.3 Å². The number of aryl methyl sites for hydroxylation is 2. The minimum absolute atomic E-state index is 0.606. The van der Waals surface area contributed by atoms with E-state index in [1.54, 1.807) is 11.8 Å². The fourth-order valence-electron chi connectivity index (χ4n) is 1.80. The van der Waals surface area contributed by atoms with E-state index in [1.807, 2.05) is 22.5 Å². The lowest BCUT2D eigenvalue weighted by Gasteiger charge is -2.03. The van der Waals surface area contributed by atoms with Crippen molar-refractivity contribution in [2.75, 3.05) is 12.3 Å². The molecule has 0 amide bonds. The average Bonchev–Trinajstić information content (AvgIpc) is 2.95. The van der Waals surface area contributed by atoms with Crippen LogP contribution in [0.15, 0.2) is 17.6 Å². The van der Waals surface area contributed by atoms with E-state index in [2.05, 4.69) is 28.4 Å². The maximum absolute atomic E-state index is 5.53. The van der Waals surface area contributed by atoms with Gasteiger partial charge in [0.15, 0.2) is 5.16 Å². The van der Waals surface area contributed by atoms with Crippen molar-refractivity contribution in [1.29, 1.82) is 0 Å². The molecule has 104 valence electrons. The summed E-state index contributed by atoms with van der Waals surface area (Å²) in [5.74, 6) is 1.96. The zero-order valence-electron chi connectivity index (χ0n) is 11.4. The van der Waals surface area contributed by atoms with E-state index in [0.29, 0.717) is 6.54 Å². The second kappa shape index (κ2) is 6.72. The van der Waals surface area contributed by atoms with Gasteiger partial charge in [0.1, 0.15) is 5.82 Å². The Bertz CT molecular complexity index is 518. The number of thioether (sulfide) groups is 1. The molecule has 0 aliphatic heterocycles. The first-order valence-electron chi connectivity index (χ1n) is 6.41. The molecule has 0 aromatic carbocycles. The highest BCUT2D eigenvalue weighted by molar-refractivity contribution is 7.99. The standard InChI is InChI=1S/C12H20N6S/c1-10-8-14-18(9-10)6-3-7-19-12-16-15-11(4-5-13)17(12)2/h8-9H,3-7,13H2,1-2H3. The maximum Gasteiger partial charge on any atom is 0.190 e. The van der Waals surface area contributed by atoms with Gasteiger partial charge in [0.25, 0.3) is 0 Å². The zero-order valence-corrected chi connectivity index (χ0v) is 12.2. The molecule has 0 aliphatic rings. The highest BCUT2D eigenvalue weighted by Gasteiger charge is 2.07. The second-order valence-corrected chi connectivity index (χ2v) is 5.54. The fourth-order valence-corrected chi connectivity index (χ4v) is 2.65. The number of rotatable bonds is 7. The molecule has 6 nitrogen and oxygen atoms in total. The van der Waals surface area contributed by atoms with Crippen molar-refractivity contribution < 1.29 is 0 Å². The molecule has 19 heavy (non-hydrogen) atoms. The molecule has 0 spiro atoms. The van der Waals surface area contributed by atoms with Gasteiger partial charge in [0.2, 0.25) is 0 Å². The van der Waals surface area contributed by atoms with Gasteiger partial charge in [-0.05, 0) is 25.5 Å². The molecule has 2 aromatic rings. The largest absolute Gasteiger partial charge is 0.330 e. The second-order valence-electron chi connectivity index (χ2n) is 4.48. The smallest absolute Gasteiger partial charge is 0.190 e. The molecule has 2 heterocycles. The molecule has 0 unspecified atom stereocenters. The molecule has 2 N–H and O–H groups in total. The third-order valence-electron chi connectivity index (χ3n) is 2.82. The molecule has 0 saturated carbocycles. The maximum atomic E-state index is 5.53. The quantitative estimate of drug-likeness (QED) is 0.605. The lowest BCUT2D eigenvalue weighted by Crippen LogP contribution is -2.08. The number of hydrogen-bond acceptors (Lipinski definition) is 5. The van der Waals surface area contributed by atoms with Gasteiger partial charge >= 0.3 is 0 Å². The Hall–Kier alpha value is -1.34. The van der Waals surface area contributed by atoms with Gasteiger partial charge in [-0.3, -0.25) is 4.68 Å². The van der Waals surface area contributed by atoms with Crippen LogP contribution in [0, 0.1) is 6.92 Å². The SMILES string of the molecule is Cc1cnn(CCCSc2nnc(CCN)n2C)c1. The normalized spacial score (nSPS) is 11.1. The van der Waals surface area contributed by atoms with Crippen molar-refractivity contribution >= 4 is 11.8 Å². The van der Waals surface area contributed by atoms with Gasteiger partial charge in [-0.15, -0.1) is 10.2 Å². The van der Waals surface area contributed by atoms with Crippen molar-refractivity contribution in [2.24, 2.45) is 12.8 Å². The number of aromatic nitrogens is 5. The van der Waals surface area contributed by atoms with Crippen molar-refractivity contribution in [2.45, 2.75) is 31.5 Å². The third-order valence-corrected chi connectivity index (χ3v) is 3.92. The summed E-state index contributed by atoms with van der Waals surface area (Å²) in [6, 6.07) is 0.